The van der Waals surface area contributed by atoms with E-state index in [9.17, 15) is 9.59 Å². The smallest absolute Gasteiger partial charge is 0.230 e. The predicted molar refractivity (Wildman–Crippen MR) is 78.0 cm³/mol. The van der Waals surface area contributed by atoms with E-state index < -0.39 is 0 Å². The monoisotopic (exact) mass is 281 g/mol. The summed E-state index contributed by atoms with van der Waals surface area (Å²) >= 11 is 0. The van der Waals surface area contributed by atoms with Gasteiger partial charge in [0.05, 0.1) is 5.41 Å². The van der Waals surface area contributed by atoms with Crippen LogP contribution in [-0.2, 0) is 9.59 Å². The van der Waals surface area contributed by atoms with E-state index >= 15 is 0 Å². The van der Waals surface area contributed by atoms with E-state index in [0.717, 1.165) is 45.2 Å². The second-order valence-corrected chi connectivity index (χ2v) is 6.07. The average Bonchev–Trinajstić information content (AvgIpc) is 2.84. The van der Waals surface area contributed by atoms with E-state index in [1.54, 1.807) is 0 Å². The van der Waals surface area contributed by atoms with E-state index in [-0.39, 0.29) is 17.2 Å². The largest absolute Gasteiger partial charge is 0.341 e. The van der Waals surface area contributed by atoms with E-state index in [0.29, 0.717) is 26.1 Å². The van der Waals surface area contributed by atoms with Gasteiger partial charge in [-0.3, -0.25) is 9.59 Å². The third kappa shape index (κ3) is 2.97. The third-order valence-corrected chi connectivity index (χ3v) is 4.84. The average molecular weight is 281 g/mol. The van der Waals surface area contributed by atoms with Crippen LogP contribution in [0.15, 0.2) is 0 Å². The molecule has 0 unspecified atom stereocenters. The Morgan fingerprint density at radius 1 is 1.00 bits per heavy atom. The topological polar surface area (TPSA) is 66.6 Å². The normalized spacial score (nSPS) is 22.7. The Morgan fingerprint density at radius 2 is 1.60 bits per heavy atom. The van der Waals surface area contributed by atoms with Crippen molar-refractivity contribution in [3.05, 3.63) is 0 Å². The van der Waals surface area contributed by atoms with Crippen molar-refractivity contribution in [3.8, 4) is 0 Å². The first kappa shape index (κ1) is 15.3. The zero-order chi connectivity index (χ0) is 14.6. The highest BCUT2D eigenvalue weighted by molar-refractivity contribution is 5.83. The minimum Gasteiger partial charge on any atom is -0.341 e. The van der Waals surface area contributed by atoms with Crippen LogP contribution in [0.5, 0.6) is 0 Å². The van der Waals surface area contributed by atoms with Gasteiger partial charge < -0.3 is 15.5 Å². The number of carbonyl (C=O) groups is 2. The summed E-state index contributed by atoms with van der Waals surface area (Å²) in [5.41, 5.74) is 5.58. The molecule has 5 heteroatoms. The molecule has 0 radical (unpaired) electrons. The van der Waals surface area contributed by atoms with Gasteiger partial charge in [0.25, 0.3) is 0 Å². The molecular formula is C15H27N3O2. The van der Waals surface area contributed by atoms with Gasteiger partial charge in [0.2, 0.25) is 11.8 Å². The molecule has 0 aromatic rings. The third-order valence-electron chi connectivity index (χ3n) is 4.84. The number of rotatable bonds is 3. The highest BCUT2D eigenvalue weighted by atomic mass is 16.2. The first-order valence-corrected chi connectivity index (χ1v) is 7.90. The van der Waals surface area contributed by atoms with Gasteiger partial charge in [0.15, 0.2) is 0 Å². The zero-order valence-corrected chi connectivity index (χ0v) is 12.6. The van der Waals surface area contributed by atoms with Crippen LogP contribution in [0.25, 0.3) is 0 Å². The molecule has 0 spiro atoms. The van der Waals surface area contributed by atoms with Crippen molar-refractivity contribution in [1.82, 2.24) is 9.80 Å². The quantitative estimate of drug-likeness (QED) is 0.838. The van der Waals surface area contributed by atoms with Gasteiger partial charge in [-0.15, -0.1) is 0 Å². The Kier molecular flexibility index (Phi) is 5.02. The van der Waals surface area contributed by atoms with Crippen LogP contribution in [0.1, 0.15) is 45.4 Å². The van der Waals surface area contributed by atoms with Crippen molar-refractivity contribution in [3.63, 3.8) is 0 Å². The van der Waals surface area contributed by atoms with Crippen LogP contribution in [0.4, 0.5) is 0 Å². The van der Waals surface area contributed by atoms with Crippen molar-refractivity contribution in [2.75, 3.05) is 32.7 Å². The molecule has 1 aliphatic heterocycles. The van der Waals surface area contributed by atoms with Gasteiger partial charge >= 0.3 is 0 Å². The minimum absolute atomic E-state index is 0.189. The van der Waals surface area contributed by atoms with Gasteiger partial charge in [-0.05, 0) is 19.3 Å². The SMILES string of the molecule is CCC(=O)N1CCCN(C(=O)C2(CN)CCCC2)CC1. The molecule has 114 valence electrons. The molecule has 2 fully saturated rings. The van der Waals surface area contributed by atoms with Crippen molar-refractivity contribution in [1.29, 1.82) is 0 Å². The molecule has 2 aliphatic rings. The summed E-state index contributed by atoms with van der Waals surface area (Å²) in [6, 6.07) is 0. The number of nitrogens with zero attached hydrogens (tertiary/aromatic N) is 2. The first-order chi connectivity index (χ1) is 9.63. The van der Waals surface area contributed by atoms with Crippen LogP contribution >= 0.6 is 0 Å². The van der Waals surface area contributed by atoms with E-state index in [1.165, 1.54) is 0 Å². The summed E-state index contributed by atoms with van der Waals surface area (Å²) in [6.45, 7) is 5.20. The van der Waals surface area contributed by atoms with E-state index in [4.69, 9.17) is 5.73 Å². The Morgan fingerprint density at radius 3 is 2.20 bits per heavy atom. The predicted octanol–water partition coefficient (Wildman–Crippen LogP) is 0.976. The molecular weight excluding hydrogens is 254 g/mol. The highest BCUT2D eigenvalue weighted by Gasteiger charge is 2.42. The maximum Gasteiger partial charge on any atom is 0.230 e. The second kappa shape index (κ2) is 6.57. The Labute approximate surface area is 121 Å². The lowest BCUT2D eigenvalue weighted by Crippen LogP contribution is -2.48. The molecule has 20 heavy (non-hydrogen) atoms. The Balaban J connectivity index is 1.99. The second-order valence-electron chi connectivity index (χ2n) is 6.07. The molecule has 1 saturated carbocycles. The van der Waals surface area contributed by atoms with Crippen LogP contribution in [-0.4, -0.2) is 54.3 Å². The number of hydrogen-bond donors (Lipinski definition) is 1. The van der Waals surface area contributed by atoms with Gasteiger partial charge in [-0.25, -0.2) is 0 Å². The molecule has 1 saturated heterocycles. The molecule has 0 aromatic heterocycles. The fraction of sp³-hybridized carbons (Fsp3) is 0.867. The van der Waals surface area contributed by atoms with Crippen molar-refractivity contribution in [2.24, 2.45) is 11.1 Å². The summed E-state index contributed by atoms with van der Waals surface area (Å²) in [4.78, 5) is 28.4. The number of nitrogens with two attached hydrogens (primary N) is 1. The van der Waals surface area contributed by atoms with Crippen LogP contribution in [0.2, 0.25) is 0 Å². The first-order valence-electron chi connectivity index (χ1n) is 7.90. The minimum atomic E-state index is -0.316. The zero-order valence-electron chi connectivity index (χ0n) is 12.6. The molecule has 0 aromatic carbocycles. The Bertz CT molecular complexity index is 364. The summed E-state index contributed by atoms with van der Waals surface area (Å²) in [7, 11) is 0. The molecule has 2 amide bonds. The number of amides is 2. The van der Waals surface area contributed by atoms with Crippen LogP contribution < -0.4 is 5.73 Å². The maximum absolute atomic E-state index is 12.8. The molecule has 2 N–H and O–H groups in total. The fourth-order valence-corrected chi connectivity index (χ4v) is 3.49. The van der Waals surface area contributed by atoms with Gasteiger partial charge in [-0.1, -0.05) is 19.8 Å². The molecule has 1 aliphatic carbocycles. The summed E-state index contributed by atoms with van der Waals surface area (Å²) in [6.07, 6.45) is 5.49. The van der Waals surface area contributed by atoms with Crippen LogP contribution in [0.3, 0.4) is 0 Å². The summed E-state index contributed by atoms with van der Waals surface area (Å²) in [5, 5.41) is 0. The fourth-order valence-electron chi connectivity index (χ4n) is 3.49. The van der Waals surface area contributed by atoms with E-state index in [1.807, 2.05) is 16.7 Å². The van der Waals surface area contributed by atoms with Crippen LogP contribution in [0, 0.1) is 5.41 Å². The molecule has 0 bridgehead atoms. The standard InChI is InChI=1S/C15H27N3O2/c1-2-13(19)17-8-5-9-18(11-10-17)14(20)15(12-16)6-3-4-7-15/h2-12,16H2,1H3. The van der Waals surface area contributed by atoms with Gasteiger partial charge in [0.1, 0.15) is 0 Å². The van der Waals surface area contributed by atoms with Gasteiger partial charge in [0, 0.05) is 39.1 Å². The van der Waals surface area contributed by atoms with E-state index in [2.05, 4.69) is 0 Å². The molecule has 0 atom stereocenters. The highest BCUT2D eigenvalue weighted by Crippen LogP contribution is 2.39. The number of carbonyl (C=O) groups excluding carboxylic acids is 2. The lowest BCUT2D eigenvalue weighted by molar-refractivity contribution is -0.141. The molecule has 5 nitrogen and oxygen atoms in total. The summed E-state index contributed by atoms with van der Waals surface area (Å²) in [5.74, 6) is 0.414. The van der Waals surface area contributed by atoms with Crippen molar-refractivity contribution >= 4 is 11.8 Å². The lowest BCUT2D eigenvalue weighted by atomic mass is 9.84. The van der Waals surface area contributed by atoms with Crippen molar-refractivity contribution < 1.29 is 9.59 Å². The molecule has 1 heterocycles. The van der Waals surface area contributed by atoms with Gasteiger partial charge in [-0.2, -0.15) is 0 Å². The maximum atomic E-state index is 12.8. The summed E-state index contributed by atoms with van der Waals surface area (Å²) < 4.78 is 0. The molecule has 2 rings (SSSR count). The lowest BCUT2D eigenvalue weighted by Gasteiger charge is -2.33. The van der Waals surface area contributed by atoms with Crippen molar-refractivity contribution in [2.45, 2.75) is 45.4 Å². The number of hydrogen-bond acceptors (Lipinski definition) is 3. The Hall–Kier alpha value is -1.10.